The van der Waals surface area contributed by atoms with Crippen LogP contribution in [0.25, 0.3) is 65.3 Å². The summed E-state index contributed by atoms with van der Waals surface area (Å²) in [5, 5.41) is 10.6. The molecule has 35 heavy (non-hydrogen) atoms. The van der Waals surface area contributed by atoms with E-state index in [2.05, 4.69) is 121 Å². The van der Waals surface area contributed by atoms with Gasteiger partial charge in [0.05, 0.1) is 0 Å². The third-order valence-electron chi connectivity index (χ3n) is 7.89. The van der Waals surface area contributed by atoms with Gasteiger partial charge < -0.3 is 0 Å². The van der Waals surface area contributed by atoms with Crippen LogP contribution in [0.5, 0.6) is 0 Å². The fourth-order valence-corrected chi connectivity index (χ4v) is 6.22. The van der Waals surface area contributed by atoms with Gasteiger partial charge in [-0.3, -0.25) is 0 Å². The van der Waals surface area contributed by atoms with E-state index in [0.717, 1.165) is 6.42 Å². The molecule has 0 heteroatoms. The summed E-state index contributed by atoms with van der Waals surface area (Å²) in [5.74, 6) is 0. The van der Waals surface area contributed by atoms with Gasteiger partial charge in [0.2, 0.25) is 0 Å². The van der Waals surface area contributed by atoms with Crippen LogP contribution in [-0.4, -0.2) is 0 Å². The molecule has 0 amide bonds. The van der Waals surface area contributed by atoms with Crippen LogP contribution in [0, 0.1) is 0 Å². The molecule has 0 bridgehead atoms. The molecule has 0 heterocycles. The van der Waals surface area contributed by atoms with Crippen LogP contribution in [0.3, 0.4) is 0 Å². The molecule has 0 unspecified atom stereocenters. The van der Waals surface area contributed by atoms with Gasteiger partial charge in [-0.1, -0.05) is 109 Å². The Bertz CT molecular complexity index is 1940. The van der Waals surface area contributed by atoms with Gasteiger partial charge >= 0.3 is 0 Å². The van der Waals surface area contributed by atoms with E-state index in [4.69, 9.17) is 0 Å². The van der Waals surface area contributed by atoms with Gasteiger partial charge in [0.15, 0.2) is 0 Å². The minimum Gasteiger partial charge on any atom is -0.0616 e. The summed E-state index contributed by atoms with van der Waals surface area (Å²) in [6, 6.07) is 45.0. The first-order chi connectivity index (χ1) is 17.3. The lowest BCUT2D eigenvalue weighted by Crippen LogP contribution is -1.86. The number of hydrogen-bond acceptors (Lipinski definition) is 0. The number of rotatable bonds is 1. The molecule has 8 rings (SSSR count). The second kappa shape index (κ2) is 7.04. The van der Waals surface area contributed by atoms with Crippen molar-refractivity contribution < 1.29 is 0 Å². The molecule has 7 aromatic rings. The first-order valence-corrected chi connectivity index (χ1v) is 12.3. The summed E-state index contributed by atoms with van der Waals surface area (Å²) in [6.07, 6.45) is 1.01. The molecule has 0 saturated heterocycles. The van der Waals surface area contributed by atoms with E-state index in [1.54, 1.807) is 0 Å². The molecule has 1 aliphatic rings. The first-order valence-electron chi connectivity index (χ1n) is 12.3. The van der Waals surface area contributed by atoms with Crippen molar-refractivity contribution in [1.82, 2.24) is 0 Å². The molecule has 0 aliphatic heterocycles. The van der Waals surface area contributed by atoms with Gasteiger partial charge in [0.25, 0.3) is 0 Å². The largest absolute Gasteiger partial charge is 0.0616 e. The average Bonchev–Trinajstić information content (AvgIpc) is 3.31. The highest BCUT2D eigenvalue weighted by Crippen LogP contribution is 2.43. The van der Waals surface area contributed by atoms with Crippen molar-refractivity contribution in [3.63, 3.8) is 0 Å². The van der Waals surface area contributed by atoms with Crippen LogP contribution in [0.1, 0.15) is 11.1 Å². The lowest BCUT2D eigenvalue weighted by Gasteiger charge is -2.12. The zero-order chi connectivity index (χ0) is 22.9. The zero-order valence-electron chi connectivity index (χ0n) is 19.3. The summed E-state index contributed by atoms with van der Waals surface area (Å²) < 4.78 is 0. The first kappa shape index (κ1) is 18.9. The molecule has 0 spiro atoms. The minimum atomic E-state index is 1.01. The van der Waals surface area contributed by atoms with Crippen molar-refractivity contribution in [1.29, 1.82) is 0 Å². The van der Waals surface area contributed by atoms with E-state index in [1.165, 1.54) is 76.5 Å². The van der Waals surface area contributed by atoms with Crippen LogP contribution < -0.4 is 0 Å². The van der Waals surface area contributed by atoms with Crippen molar-refractivity contribution in [2.45, 2.75) is 6.42 Å². The van der Waals surface area contributed by atoms with Crippen molar-refractivity contribution >= 4 is 43.1 Å². The van der Waals surface area contributed by atoms with Crippen LogP contribution in [0.2, 0.25) is 0 Å². The fourth-order valence-electron chi connectivity index (χ4n) is 6.22. The van der Waals surface area contributed by atoms with E-state index >= 15 is 0 Å². The smallest absolute Gasteiger partial charge is 0.000728 e. The monoisotopic (exact) mass is 442 g/mol. The molecule has 7 aromatic carbocycles. The summed E-state index contributed by atoms with van der Waals surface area (Å²) in [4.78, 5) is 0. The molecular formula is C35H22. The predicted molar refractivity (Wildman–Crippen MR) is 150 cm³/mol. The van der Waals surface area contributed by atoms with Gasteiger partial charge in [-0.15, -0.1) is 0 Å². The molecular weight excluding hydrogens is 420 g/mol. The molecule has 1 aliphatic carbocycles. The molecule has 0 N–H and O–H groups in total. The molecule has 0 saturated carbocycles. The van der Waals surface area contributed by atoms with E-state index in [1.807, 2.05) is 0 Å². The summed E-state index contributed by atoms with van der Waals surface area (Å²) in [6.45, 7) is 0. The second-order valence-electron chi connectivity index (χ2n) is 9.71. The molecule has 0 radical (unpaired) electrons. The molecule has 0 nitrogen and oxygen atoms in total. The van der Waals surface area contributed by atoms with E-state index in [9.17, 15) is 0 Å². The average molecular weight is 443 g/mol. The van der Waals surface area contributed by atoms with Crippen LogP contribution in [0.4, 0.5) is 0 Å². The third-order valence-corrected chi connectivity index (χ3v) is 7.89. The van der Waals surface area contributed by atoms with Crippen LogP contribution in [0.15, 0.2) is 121 Å². The molecule has 0 fully saturated rings. The Labute approximate surface area is 204 Å². The second-order valence-corrected chi connectivity index (χ2v) is 9.71. The van der Waals surface area contributed by atoms with Gasteiger partial charge in [-0.2, -0.15) is 0 Å². The van der Waals surface area contributed by atoms with Crippen LogP contribution >= 0.6 is 0 Å². The Hall–Kier alpha value is -4.42. The molecule has 0 atom stereocenters. The van der Waals surface area contributed by atoms with Gasteiger partial charge in [-0.05, 0) is 95.0 Å². The maximum absolute atomic E-state index is 2.40. The van der Waals surface area contributed by atoms with Gasteiger partial charge in [0, 0.05) is 0 Å². The third kappa shape index (κ3) is 2.68. The summed E-state index contributed by atoms with van der Waals surface area (Å²) in [5.41, 5.74) is 8.21. The van der Waals surface area contributed by atoms with E-state index in [0.29, 0.717) is 0 Å². The van der Waals surface area contributed by atoms with E-state index in [-0.39, 0.29) is 0 Å². The number of benzene rings is 7. The van der Waals surface area contributed by atoms with Gasteiger partial charge in [-0.25, -0.2) is 0 Å². The molecule has 162 valence electrons. The molecule has 0 aromatic heterocycles. The Morgan fingerprint density at radius 1 is 0.371 bits per heavy atom. The van der Waals surface area contributed by atoms with Crippen molar-refractivity contribution in [3.05, 3.63) is 132 Å². The van der Waals surface area contributed by atoms with E-state index < -0.39 is 0 Å². The summed E-state index contributed by atoms with van der Waals surface area (Å²) in [7, 11) is 0. The topological polar surface area (TPSA) is 0 Å². The number of fused-ring (bicyclic) bond motifs is 11. The maximum Gasteiger partial charge on any atom is -0.000728 e. The fraction of sp³-hybridized carbons (Fsp3) is 0.0286. The van der Waals surface area contributed by atoms with Crippen LogP contribution in [-0.2, 0) is 6.42 Å². The quantitative estimate of drug-likeness (QED) is 0.222. The highest BCUT2D eigenvalue weighted by atomic mass is 14.2. The predicted octanol–water partition coefficient (Wildman–Crippen LogP) is 9.54. The van der Waals surface area contributed by atoms with Crippen molar-refractivity contribution in [2.24, 2.45) is 0 Å². The Kier molecular flexibility index (Phi) is 3.81. The highest BCUT2D eigenvalue weighted by Gasteiger charge is 2.21. The van der Waals surface area contributed by atoms with Crippen molar-refractivity contribution in [2.75, 3.05) is 0 Å². The van der Waals surface area contributed by atoms with Crippen molar-refractivity contribution in [3.8, 4) is 22.3 Å². The Balaban J connectivity index is 1.35. The Morgan fingerprint density at radius 2 is 0.943 bits per heavy atom. The minimum absolute atomic E-state index is 1.01. The van der Waals surface area contributed by atoms with Gasteiger partial charge in [0.1, 0.15) is 0 Å². The highest BCUT2D eigenvalue weighted by molar-refractivity contribution is 6.25. The zero-order valence-corrected chi connectivity index (χ0v) is 19.3. The normalized spacial score (nSPS) is 12.5. The standard InChI is InChI=1S/C35H22/c1-2-8-26-22(7-1)15-17-32-33-19-23(13-14-25(33)21-34(26)32)24-16-18-31-29-11-4-3-9-27(29)28-10-5-6-12-30(28)35(31)20-24/h1-20H,21H2. The maximum atomic E-state index is 2.40. The number of hydrogen-bond donors (Lipinski definition) is 0. The lowest BCUT2D eigenvalue weighted by molar-refractivity contribution is 1.28. The summed E-state index contributed by atoms with van der Waals surface area (Å²) >= 11 is 0. The lowest BCUT2D eigenvalue weighted by atomic mass is 9.91. The Morgan fingerprint density at radius 3 is 1.69 bits per heavy atom. The SMILES string of the molecule is c1ccc2c3c(ccc2c1)-c1cc(-c2ccc4c5ccccc5c5ccccc5c4c2)ccc1C3.